The SMILES string of the molecule is CCOc1cc(C)ccc1NCc1cc(F)ccc1F. The fourth-order valence-corrected chi connectivity index (χ4v) is 1.92. The molecule has 2 aromatic carbocycles. The molecule has 0 aliphatic heterocycles. The van der Waals surface area contributed by atoms with Gasteiger partial charge in [0.25, 0.3) is 0 Å². The Morgan fingerprint density at radius 3 is 2.65 bits per heavy atom. The molecule has 0 spiro atoms. The number of halogens is 2. The molecule has 4 heteroatoms. The number of rotatable bonds is 5. The van der Waals surface area contributed by atoms with Crippen molar-refractivity contribution in [2.45, 2.75) is 20.4 Å². The maximum absolute atomic E-state index is 13.5. The van der Waals surface area contributed by atoms with Crippen LogP contribution in [0, 0.1) is 18.6 Å². The Labute approximate surface area is 117 Å². The molecule has 0 aromatic heterocycles. The molecule has 0 unspecified atom stereocenters. The normalized spacial score (nSPS) is 10.4. The Morgan fingerprint density at radius 2 is 1.90 bits per heavy atom. The maximum Gasteiger partial charge on any atom is 0.142 e. The van der Waals surface area contributed by atoms with E-state index in [0.29, 0.717) is 12.4 Å². The van der Waals surface area contributed by atoms with E-state index in [1.807, 2.05) is 32.0 Å². The van der Waals surface area contributed by atoms with Crippen molar-refractivity contribution in [2.24, 2.45) is 0 Å². The number of hydrogen-bond acceptors (Lipinski definition) is 2. The van der Waals surface area contributed by atoms with E-state index in [1.54, 1.807) is 0 Å². The summed E-state index contributed by atoms with van der Waals surface area (Å²) in [5.41, 5.74) is 2.13. The van der Waals surface area contributed by atoms with Crippen LogP contribution in [0.4, 0.5) is 14.5 Å². The molecule has 0 fully saturated rings. The van der Waals surface area contributed by atoms with Gasteiger partial charge in [0.15, 0.2) is 0 Å². The molecule has 0 saturated heterocycles. The second-order valence-corrected chi connectivity index (χ2v) is 4.52. The summed E-state index contributed by atoms with van der Waals surface area (Å²) in [6.45, 7) is 4.62. The number of ether oxygens (including phenoxy) is 1. The molecule has 0 amide bonds. The van der Waals surface area contributed by atoms with E-state index < -0.39 is 11.6 Å². The van der Waals surface area contributed by atoms with Crippen LogP contribution < -0.4 is 10.1 Å². The fourth-order valence-electron chi connectivity index (χ4n) is 1.92. The Hall–Kier alpha value is -2.10. The highest BCUT2D eigenvalue weighted by molar-refractivity contribution is 5.57. The molecule has 0 radical (unpaired) electrons. The number of anilines is 1. The van der Waals surface area contributed by atoms with E-state index in [0.717, 1.165) is 23.4 Å². The number of aryl methyl sites for hydroxylation is 1. The summed E-state index contributed by atoms with van der Waals surface area (Å²) in [7, 11) is 0. The van der Waals surface area contributed by atoms with Crippen LogP contribution in [0.3, 0.4) is 0 Å². The van der Waals surface area contributed by atoms with Gasteiger partial charge in [-0.3, -0.25) is 0 Å². The first kappa shape index (κ1) is 14.3. The summed E-state index contributed by atoms with van der Waals surface area (Å²) < 4.78 is 32.2. The van der Waals surface area contributed by atoms with E-state index >= 15 is 0 Å². The average molecular weight is 277 g/mol. The highest BCUT2D eigenvalue weighted by Gasteiger charge is 2.07. The second kappa shape index (κ2) is 6.37. The van der Waals surface area contributed by atoms with Crippen molar-refractivity contribution in [2.75, 3.05) is 11.9 Å². The molecule has 0 aliphatic rings. The van der Waals surface area contributed by atoms with Gasteiger partial charge in [-0.2, -0.15) is 0 Å². The quantitative estimate of drug-likeness (QED) is 0.880. The zero-order valence-electron chi connectivity index (χ0n) is 11.5. The average Bonchev–Trinajstić information content (AvgIpc) is 2.42. The van der Waals surface area contributed by atoms with Crippen LogP contribution in [-0.2, 0) is 6.54 Å². The van der Waals surface area contributed by atoms with Crippen LogP contribution in [0.1, 0.15) is 18.1 Å². The molecule has 106 valence electrons. The van der Waals surface area contributed by atoms with Gasteiger partial charge in [0.05, 0.1) is 12.3 Å². The van der Waals surface area contributed by atoms with Crippen molar-refractivity contribution >= 4 is 5.69 Å². The molecule has 0 saturated carbocycles. The van der Waals surface area contributed by atoms with Gasteiger partial charge in [0.1, 0.15) is 17.4 Å². The molecule has 2 rings (SSSR count). The lowest BCUT2D eigenvalue weighted by atomic mass is 10.1. The van der Waals surface area contributed by atoms with E-state index in [9.17, 15) is 8.78 Å². The summed E-state index contributed by atoms with van der Waals surface area (Å²) in [5, 5.41) is 3.08. The van der Waals surface area contributed by atoms with Crippen LogP contribution in [0.2, 0.25) is 0 Å². The first-order chi connectivity index (χ1) is 9.60. The molecular weight excluding hydrogens is 260 g/mol. The standard InChI is InChI=1S/C16H17F2NO/c1-3-20-16-8-11(2)4-7-15(16)19-10-12-9-13(17)5-6-14(12)18/h4-9,19H,3,10H2,1-2H3. The molecule has 1 N–H and O–H groups in total. The van der Waals surface area contributed by atoms with Crippen molar-refractivity contribution in [3.63, 3.8) is 0 Å². The van der Waals surface area contributed by atoms with E-state index in [4.69, 9.17) is 4.74 Å². The largest absolute Gasteiger partial charge is 0.492 e. The Balaban J connectivity index is 2.16. The molecule has 0 aliphatic carbocycles. The maximum atomic E-state index is 13.5. The molecular formula is C16H17F2NO. The van der Waals surface area contributed by atoms with Gasteiger partial charge in [0.2, 0.25) is 0 Å². The predicted molar refractivity (Wildman–Crippen MR) is 76.0 cm³/mol. The Morgan fingerprint density at radius 1 is 1.10 bits per heavy atom. The van der Waals surface area contributed by atoms with Crippen molar-refractivity contribution in [3.05, 3.63) is 59.2 Å². The van der Waals surface area contributed by atoms with Crippen LogP contribution >= 0.6 is 0 Å². The van der Waals surface area contributed by atoms with E-state index in [2.05, 4.69) is 5.32 Å². The minimum Gasteiger partial charge on any atom is -0.492 e. The topological polar surface area (TPSA) is 21.3 Å². The zero-order valence-corrected chi connectivity index (χ0v) is 11.5. The van der Waals surface area contributed by atoms with Gasteiger partial charge in [0, 0.05) is 12.1 Å². The Kier molecular flexibility index (Phi) is 4.56. The fraction of sp³-hybridized carbons (Fsp3) is 0.250. The highest BCUT2D eigenvalue weighted by Crippen LogP contribution is 2.26. The molecule has 0 bridgehead atoms. The van der Waals surface area contributed by atoms with Gasteiger partial charge in [-0.05, 0) is 49.7 Å². The lowest BCUT2D eigenvalue weighted by Crippen LogP contribution is -2.05. The molecule has 2 nitrogen and oxygen atoms in total. The molecule has 2 aromatic rings. The molecule has 20 heavy (non-hydrogen) atoms. The third kappa shape index (κ3) is 3.47. The summed E-state index contributed by atoms with van der Waals surface area (Å²) in [6.07, 6.45) is 0. The van der Waals surface area contributed by atoms with Crippen molar-refractivity contribution < 1.29 is 13.5 Å². The van der Waals surface area contributed by atoms with Gasteiger partial charge < -0.3 is 10.1 Å². The van der Waals surface area contributed by atoms with Crippen LogP contribution in [0.25, 0.3) is 0 Å². The monoisotopic (exact) mass is 277 g/mol. The lowest BCUT2D eigenvalue weighted by molar-refractivity contribution is 0.341. The van der Waals surface area contributed by atoms with Gasteiger partial charge in [-0.1, -0.05) is 6.07 Å². The van der Waals surface area contributed by atoms with Gasteiger partial charge in [-0.25, -0.2) is 8.78 Å². The second-order valence-electron chi connectivity index (χ2n) is 4.52. The van der Waals surface area contributed by atoms with Gasteiger partial charge >= 0.3 is 0 Å². The van der Waals surface area contributed by atoms with E-state index in [1.165, 1.54) is 6.07 Å². The number of hydrogen-bond donors (Lipinski definition) is 1. The zero-order chi connectivity index (χ0) is 14.5. The predicted octanol–water partition coefficient (Wildman–Crippen LogP) is 4.28. The van der Waals surface area contributed by atoms with Crippen LogP contribution in [-0.4, -0.2) is 6.61 Å². The summed E-state index contributed by atoms with van der Waals surface area (Å²) in [4.78, 5) is 0. The lowest BCUT2D eigenvalue weighted by Gasteiger charge is -2.13. The van der Waals surface area contributed by atoms with E-state index in [-0.39, 0.29) is 12.1 Å². The highest BCUT2D eigenvalue weighted by atomic mass is 19.1. The smallest absolute Gasteiger partial charge is 0.142 e. The summed E-state index contributed by atoms with van der Waals surface area (Å²) in [6, 6.07) is 9.15. The third-order valence-corrected chi connectivity index (χ3v) is 2.91. The van der Waals surface area contributed by atoms with Crippen molar-refractivity contribution in [1.29, 1.82) is 0 Å². The van der Waals surface area contributed by atoms with Crippen molar-refractivity contribution in [1.82, 2.24) is 0 Å². The summed E-state index contributed by atoms with van der Waals surface area (Å²) in [5.74, 6) is -0.162. The summed E-state index contributed by atoms with van der Waals surface area (Å²) >= 11 is 0. The number of benzene rings is 2. The third-order valence-electron chi connectivity index (χ3n) is 2.91. The minimum atomic E-state index is -0.447. The minimum absolute atomic E-state index is 0.201. The van der Waals surface area contributed by atoms with Gasteiger partial charge in [-0.15, -0.1) is 0 Å². The number of nitrogens with one attached hydrogen (secondary N) is 1. The van der Waals surface area contributed by atoms with Crippen LogP contribution in [0.15, 0.2) is 36.4 Å². The Bertz CT molecular complexity index is 599. The first-order valence-corrected chi connectivity index (χ1v) is 6.51. The molecule has 0 heterocycles. The molecule has 0 atom stereocenters. The van der Waals surface area contributed by atoms with Crippen molar-refractivity contribution in [3.8, 4) is 5.75 Å². The first-order valence-electron chi connectivity index (χ1n) is 6.51. The van der Waals surface area contributed by atoms with Crippen LogP contribution in [0.5, 0.6) is 5.75 Å².